The number of aromatic nitrogens is 2. The molecule has 1 amide bonds. The van der Waals surface area contributed by atoms with Gasteiger partial charge < -0.3 is 14.4 Å². The molecule has 168 valence electrons. The van der Waals surface area contributed by atoms with Gasteiger partial charge in [0.25, 0.3) is 11.4 Å². The predicted octanol–water partition coefficient (Wildman–Crippen LogP) is 4.26. The number of nitro benzene ring substituents is 1. The Morgan fingerprint density at radius 3 is 2.59 bits per heavy atom. The molecule has 2 heterocycles. The molecule has 12 heteroatoms. The zero-order valence-electron chi connectivity index (χ0n) is 16.7. The molecule has 3 aromatic rings. The second-order valence-corrected chi connectivity index (χ2v) is 8.50. The highest BCUT2D eigenvalue weighted by Gasteiger charge is 2.27. The normalized spacial score (nSPS) is 14.4. The molecule has 4 rings (SSSR count). The number of nitro groups is 1. The van der Waals surface area contributed by atoms with Crippen LogP contribution in [0.15, 0.2) is 47.6 Å². The number of alkyl halides is 2. The SMILES string of the molecule is O=C(Cn1c(SC(F)F)nc2ccccc21)N1CCN(c2ccc(Cl)cc2[N+](=O)[O-])CC1. The Labute approximate surface area is 190 Å². The van der Waals surface area contributed by atoms with E-state index in [2.05, 4.69) is 4.98 Å². The van der Waals surface area contributed by atoms with Crippen molar-refractivity contribution >= 4 is 51.7 Å². The van der Waals surface area contributed by atoms with Crippen LogP contribution in [0, 0.1) is 10.1 Å². The van der Waals surface area contributed by atoms with E-state index in [0.717, 1.165) is 0 Å². The van der Waals surface area contributed by atoms with Crippen LogP contribution >= 0.6 is 23.4 Å². The van der Waals surface area contributed by atoms with Gasteiger partial charge in [-0.1, -0.05) is 23.7 Å². The fraction of sp³-hybridized carbons (Fsp3) is 0.300. The average molecular weight is 482 g/mol. The van der Waals surface area contributed by atoms with Gasteiger partial charge in [-0.25, -0.2) is 4.98 Å². The van der Waals surface area contributed by atoms with Gasteiger partial charge in [-0.05, 0) is 36.0 Å². The van der Waals surface area contributed by atoms with E-state index in [1.165, 1.54) is 10.6 Å². The molecular formula is C20H18ClF2N5O3S. The lowest BCUT2D eigenvalue weighted by Crippen LogP contribution is -2.49. The smallest absolute Gasteiger partial charge is 0.294 e. The third-order valence-electron chi connectivity index (χ3n) is 5.21. The molecule has 1 fully saturated rings. The molecule has 8 nitrogen and oxygen atoms in total. The van der Waals surface area contributed by atoms with Crippen molar-refractivity contribution in [3.8, 4) is 0 Å². The number of anilines is 1. The summed E-state index contributed by atoms with van der Waals surface area (Å²) in [5.41, 5.74) is 1.52. The van der Waals surface area contributed by atoms with E-state index >= 15 is 0 Å². The first kappa shape index (κ1) is 22.3. The highest BCUT2D eigenvalue weighted by molar-refractivity contribution is 7.99. The summed E-state index contributed by atoms with van der Waals surface area (Å²) in [6, 6.07) is 11.5. The predicted molar refractivity (Wildman–Crippen MR) is 118 cm³/mol. The summed E-state index contributed by atoms with van der Waals surface area (Å²) in [7, 11) is 0. The average Bonchev–Trinajstić information content (AvgIpc) is 3.10. The van der Waals surface area contributed by atoms with Crippen LogP contribution in [0.3, 0.4) is 0 Å². The van der Waals surface area contributed by atoms with Crippen molar-refractivity contribution in [3.05, 3.63) is 57.6 Å². The Morgan fingerprint density at radius 1 is 1.19 bits per heavy atom. The molecule has 1 aliphatic heterocycles. The number of hydrogen-bond donors (Lipinski definition) is 0. The van der Waals surface area contributed by atoms with Gasteiger partial charge in [0.15, 0.2) is 5.16 Å². The first-order chi connectivity index (χ1) is 15.3. The van der Waals surface area contributed by atoms with E-state index in [-0.39, 0.29) is 28.3 Å². The van der Waals surface area contributed by atoms with Gasteiger partial charge in [-0.15, -0.1) is 0 Å². The van der Waals surface area contributed by atoms with Gasteiger partial charge in [0, 0.05) is 37.3 Å². The summed E-state index contributed by atoms with van der Waals surface area (Å²) < 4.78 is 27.5. The lowest BCUT2D eigenvalue weighted by molar-refractivity contribution is -0.384. The van der Waals surface area contributed by atoms with Crippen LogP contribution in [0.5, 0.6) is 0 Å². The molecule has 0 unspecified atom stereocenters. The molecule has 0 spiro atoms. The number of hydrogen-bond acceptors (Lipinski definition) is 6. The zero-order valence-corrected chi connectivity index (χ0v) is 18.2. The van der Waals surface area contributed by atoms with E-state index in [4.69, 9.17) is 11.6 Å². The van der Waals surface area contributed by atoms with Crippen molar-refractivity contribution in [2.45, 2.75) is 17.5 Å². The van der Waals surface area contributed by atoms with Crippen LogP contribution < -0.4 is 4.90 Å². The second-order valence-electron chi connectivity index (χ2n) is 7.11. The van der Waals surface area contributed by atoms with Crippen LogP contribution in [0.4, 0.5) is 20.2 Å². The Balaban J connectivity index is 1.48. The molecule has 32 heavy (non-hydrogen) atoms. The summed E-state index contributed by atoms with van der Waals surface area (Å²) in [6.45, 7) is 1.39. The molecule has 1 aliphatic rings. The number of amides is 1. The van der Waals surface area contributed by atoms with E-state index in [1.54, 1.807) is 41.3 Å². The second kappa shape index (κ2) is 9.29. The first-order valence-electron chi connectivity index (χ1n) is 9.70. The Morgan fingerprint density at radius 2 is 1.91 bits per heavy atom. The van der Waals surface area contributed by atoms with Crippen LogP contribution in [0.2, 0.25) is 5.02 Å². The number of thioether (sulfide) groups is 1. The molecular weight excluding hydrogens is 464 g/mol. The third-order valence-corrected chi connectivity index (χ3v) is 6.15. The minimum atomic E-state index is -2.65. The largest absolute Gasteiger partial charge is 0.362 e. The first-order valence-corrected chi connectivity index (χ1v) is 11.0. The number of fused-ring (bicyclic) bond motifs is 1. The number of piperazine rings is 1. The number of benzene rings is 2. The fourth-order valence-corrected chi connectivity index (χ4v) is 4.48. The van der Waals surface area contributed by atoms with Crippen LogP contribution in [0.25, 0.3) is 11.0 Å². The lowest BCUT2D eigenvalue weighted by atomic mass is 10.2. The maximum Gasteiger partial charge on any atom is 0.294 e. The molecule has 0 aliphatic carbocycles. The maximum absolute atomic E-state index is 13.0. The van der Waals surface area contributed by atoms with E-state index in [0.29, 0.717) is 54.7 Å². The van der Waals surface area contributed by atoms with Crippen molar-refractivity contribution < 1.29 is 18.5 Å². The standard InChI is InChI=1S/C20H18ClF2N5O3S/c21-13-5-6-16(17(11-13)28(30)31)25-7-9-26(10-8-25)18(29)12-27-15-4-2-1-3-14(15)24-20(27)32-19(22)23/h1-6,11,19H,7-10,12H2. The number of halogens is 3. The van der Waals surface area contributed by atoms with Crippen LogP contribution in [0.1, 0.15) is 0 Å². The molecule has 0 radical (unpaired) electrons. The van der Waals surface area contributed by atoms with Crippen molar-refractivity contribution in [1.29, 1.82) is 0 Å². The number of carbonyl (C=O) groups excluding carboxylic acids is 1. The summed E-state index contributed by atoms with van der Waals surface area (Å²) >= 11 is 6.19. The zero-order chi connectivity index (χ0) is 22.8. The maximum atomic E-state index is 13.0. The van der Waals surface area contributed by atoms with Crippen molar-refractivity contribution in [2.75, 3.05) is 31.1 Å². The molecule has 1 saturated heterocycles. The van der Waals surface area contributed by atoms with Crippen molar-refractivity contribution in [2.24, 2.45) is 0 Å². The monoisotopic (exact) mass is 481 g/mol. The summed E-state index contributed by atoms with van der Waals surface area (Å²) in [4.78, 5) is 31.5. The number of imidazole rings is 1. The molecule has 0 N–H and O–H groups in total. The summed E-state index contributed by atoms with van der Waals surface area (Å²) in [6.07, 6.45) is 0. The number of nitrogens with zero attached hydrogens (tertiary/aromatic N) is 5. The highest BCUT2D eigenvalue weighted by Crippen LogP contribution is 2.32. The van der Waals surface area contributed by atoms with Gasteiger partial charge in [0.05, 0.1) is 16.0 Å². The molecule has 2 aromatic carbocycles. The molecule has 1 aromatic heterocycles. The van der Waals surface area contributed by atoms with Gasteiger partial charge >= 0.3 is 0 Å². The van der Waals surface area contributed by atoms with Gasteiger partial charge in [-0.2, -0.15) is 8.78 Å². The number of para-hydroxylation sites is 2. The van der Waals surface area contributed by atoms with E-state index in [1.807, 2.05) is 4.90 Å². The minimum absolute atomic E-state index is 0.0872. The Kier molecular flexibility index (Phi) is 6.47. The third kappa shape index (κ3) is 4.63. The van der Waals surface area contributed by atoms with E-state index < -0.39 is 10.7 Å². The molecule has 0 bridgehead atoms. The number of carbonyl (C=O) groups is 1. The summed E-state index contributed by atoms with van der Waals surface area (Å²) in [5, 5.41) is 11.7. The van der Waals surface area contributed by atoms with E-state index in [9.17, 15) is 23.7 Å². The highest BCUT2D eigenvalue weighted by atomic mass is 35.5. The van der Waals surface area contributed by atoms with Crippen LogP contribution in [-0.4, -0.2) is 57.2 Å². The van der Waals surface area contributed by atoms with Crippen molar-refractivity contribution in [3.63, 3.8) is 0 Å². The molecule has 0 atom stereocenters. The Bertz CT molecular complexity index is 1170. The topological polar surface area (TPSA) is 84.5 Å². The van der Waals surface area contributed by atoms with Crippen molar-refractivity contribution in [1.82, 2.24) is 14.5 Å². The Hall–Kier alpha value is -2.92. The van der Waals surface area contributed by atoms with Gasteiger partial charge in [0.2, 0.25) is 5.91 Å². The lowest BCUT2D eigenvalue weighted by Gasteiger charge is -2.36. The van der Waals surface area contributed by atoms with Crippen LogP contribution in [-0.2, 0) is 11.3 Å². The number of rotatable bonds is 6. The van der Waals surface area contributed by atoms with Gasteiger partial charge in [-0.3, -0.25) is 14.9 Å². The fourth-order valence-electron chi connectivity index (χ4n) is 3.72. The minimum Gasteiger partial charge on any atom is -0.362 e. The van der Waals surface area contributed by atoms with Gasteiger partial charge in [0.1, 0.15) is 12.2 Å². The quantitative estimate of drug-likeness (QED) is 0.297. The molecule has 0 saturated carbocycles. The summed E-state index contributed by atoms with van der Waals surface area (Å²) in [5.74, 6) is -2.88.